The van der Waals surface area contributed by atoms with E-state index in [2.05, 4.69) is 9.72 Å². The van der Waals surface area contributed by atoms with Crippen LogP contribution in [0.1, 0.15) is 24.6 Å². The summed E-state index contributed by atoms with van der Waals surface area (Å²) < 4.78 is 29.4. The lowest BCUT2D eigenvalue weighted by atomic mass is 10.2. The predicted molar refractivity (Wildman–Crippen MR) is 56.2 cm³/mol. The summed E-state index contributed by atoms with van der Waals surface area (Å²) in [5, 5.41) is 8.99. The third-order valence-electron chi connectivity index (χ3n) is 1.91. The molecule has 0 aromatic carbocycles. The molecule has 0 spiro atoms. The maximum Gasteiger partial charge on any atom is 0.312 e. The number of ether oxygens (including phenoxy) is 1. The minimum absolute atomic E-state index is 0.0853. The Bertz CT molecular complexity index is 426. The number of rotatable bonds is 4. The van der Waals surface area contributed by atoms with Crippen LogP contribution in [0.2, 0.25) is 5.15 Å². The molecule has 0 atom stereocenters. The fourth-order valence-corrected chi connectivity index (χ4v) is 1.40. The van der Waals surface area contributed by atoms with Gasteiger partial charge >= 0.3 is 5.97 Å². The molecule has 1 N–H and O–H groups in total. The second kappa shape index (κ2) is 5.77. The van der Waals surface area contributed by atoms with Crippen molar-refractivity contribution in [1.82, 2.24) is 4.98 Å². The van der Waals surface area contributed by atoms with Crippen molar-refractivity contribution in [1.29, 1.82) is 0 Å². The molecule has 0 fully saturated rings. The molecule has 4 nitrogen and oxygen atoms in total. The number of alkyl halides is 2. The van der Waals surface area contributed by atoms with Gasteiger partial charge in [0.05, 0.1) is 24.3 Å². The van der Waals surface area contributed by atoms with Crippen molar-refractivity contribution in [3.05, 3.63) is 22.5 Å². The summed E-state index contributed by atoms with van der Waals surface area (Å²) in [5.74, 6) is -1.12. The van der Waals surface area contributed by atoms with Crippen LogP contribution in [0.5, 0.6) is 5.75 Å². The number of carbonyl (C=O) groups is 1. The van der Waals surface area contributed by atoms with E-state index in [4.69, 9.17) is 11.6 Å². The second-order valence-corrected chi connectivity index (χ2v) is 3.47. The maximum atomic E-state index is 12.4. The molecular weight excluding hydrogens is 256 g/mol. The van der Waals surface area contributed by atoms with Gasteiger partial charge in [-0.15, -0.1) is 0 Å². The van der Waals surface area contributed by atoms with E-state index < -0.39 is 28.9 Å². The zero-order valence-corrected chi connectivity index (χ0v) is 9.67. The van der Waals surface area contributed by atoms with Crippen molar-refractivity contribution in [3.63, 3.8) is 0 Å². The van der Waals surface area contributed by atoms with E-state index in [-0.39, 0.29) is 18.7 Å². The molecule has 0 amide bonds. The van der Waals surface area contributed by atoms with Gasteiger partial charge in [-0.2, -0.15) is 0 Å². The van der Waals surface area contributed by atoms with Crippen LogP contribution in [-0.2, 0) is 16.0 Å². The summed E-state index contributed by atoms with van der Waals surface area (Å²) >= 11 is 5.50. The van der Waals surface area contributed by atoms with Crippen LogP contribution < -0.4 is 0 Å². The Labute approximate surface area is 101 Å². The molecule has 1 aromatic rings. The summed E-state index contributed by atoms with van der Waals surface area (Å²) in [6.07, 6.45) is -3.15. The monoisotopic (exact) mass is 265 g/mol. The summed E-state index contributed by atoms with van der Waals surface area (Å²) in [5.41, 5.74) is -0.658. The van der Waals surface area contributed by atoms with Crippen LogP contribution in [0, 0.1) is 0 Å². The van der Waals surface area contributed by atoms with Crippen LogP contribution in [0.3, 0.4) is 0 Å². The number of hydrogen-bond donors (Lipinski definition) is 1. The van der Waals surface area contributed by atoms with E-state index in [9.17, 15) is 18.7 Å². The van der Waals surface area contributed by atoms with Crippen molar-refractivity contribution in [2.75, 3.05) is 6.61 Å². The first-order chi connectivity index (χ1) is 7.95. The fourth-order valence-electron chi connectivity index (χ4n) is 1.16. The Morgan fingerprint density at radius 1 is 1.65 bits per heavy atom. The van der Waals surface area contributed by atoms with Gasteiger partial charge in [0.25, 0.3) is 6.43 Å². The maximum absolute atomic E-state index is 12.4. The summed E-state index contributed by atoms with van der Waals surface area (Å²) in [7, 11) is 0. The van der Waals surface area contributed by atoms with Gasteiger partial charge in [0.2, 0.25) is 0 Å². The van der Waals surface area contributed by atoms with Crippen LogP contribution in [-0.4, -0.2) is 22.7 Å². The molecule has 7 heteroatoms. The van der Waals surface area contributed by atoms with Crippen molar-refractivity contribution >= 4 is 17.6 Å². The third kappa shape index (κ3) is 3.52. The number of aromatic nitrogens is 1. The molecular formula is C10H10ClF2NO3. The molecule has 1 aromatic heterocycles. The Hall–Kier alpha value is -1.43. The van der Waals surface area contributed by atoms with E-state index >= 15 is 0 Å². The summed E-state index contributed by atoms with van der Waals surface area (Å²) in [6.45, 7) is 1.81. The number of nitrogens with zero attached hydrogens (tertiary/aromatic N) is 1. The number of carbonyl (C=O) groups excluding carboxylic acids is 1. The topological polar surface area (TPSA) is 59.4 Å². The van der Waals surface area contributed by atoms with Crippen LogP contribution in [0.25, 0.3) is 0 Å². The van der Waals surface area contributed by atoms with Crippen LogP contribution in [0.4, 0.5) is 8.78 Å². The first-order valence-corrected chi connectivity index (χ1v) is 5.15. The third-order valence-corrected chi connectivity index (χ3v) is 2.21. The Balaban J connectivity index is 2.95. The normalized spacial score (nSPS) is 10.6. The second-order valence-electron chi connectivity index (χ2n) is 3.12. The van der Waals surface area contributed by atoms with Gasteiger partial charge in [0.15, 0.2) is 0 Å². The zero-order valence-electron chi connectivity index (χ0n) is 8.91. The molecule has 0 saturated carbocycles. The van der Waals surface area contributed by atoms with Crippen molar-refractivity contribution in [2.45, 2.75) is 19.8 Å². The van der Waals surface area contributed by atoms with E-state index in [0.29, 0.717) is 0 Å². The fraction of sp³-hybridized carbons (Fsp3) is 0.400. The molecule has 1 heterocycles. The van der Waals surface area contributed by atoms with Gasteiger partial charge in [-0.25, -0.2) is 13.8 Å². The first kappa shape index (κ1) is 13.6. The lowest BCUT2D eigenvalue weighted by Gasteiger charge is -2.08. The van der Waals surface area contributed by atoms with E-state index in [1.165, 1.54) is 0 Å². The number of pyridine rings is 1. The van der Waals surface area contributed by atoms with E-state index in [1.54, 1.807) is 6.92 Å². The predicted octanol–water partition coefficient (Wildman–Crippen LogP) is 2.48. The molecule has 0 aliphatic heterocycles. The lowest BCUT2D eigenvalue weighted by molar-refractivity contribution is -0.142. The van der Waals surface area contributed by atoms with Crippen molar-refractivity contribution in [3.8, 4) is 5.75 Å². The lowest BCUT2D eigenvalue weighted by Crippen LogP contribution is -2.09. The van der Waals surface area contributed by atoms with Crippen molar-refractivity contribution in [2.24, 2.45) is 0 Å². The van der Waals surface area contributed by atoms with E-state index in [1.807, 2.05) is 0 Å². The number of esters is 1. The first-order valence-electron chi connectivity index (χ1n) is 4.77. The van der Waals surface area contributed by atoms with Crippen LogP contribution in [0.15, 0.2) is 6.07 Å². The summed E-state index contributed by atoms with van der Waals surface area (Å²) in [6, 6.07) is 0.800. The van der Waals surface area contributed by atoms with Crippen LogP contribution >= 0.6 is 11.6 Å². The molecule has 17 heavy (non-hydrogen) atoms. The minimum atomic E-state index is -2.84. The van der Waals surface area contributed by atoms with Gasteiger partial charge in [-0.1, -0.05) is 11.6 Å². The quantitative estimate of drug-likeness (QED) is 0.671. The molecule has 0 aliphatic carbocycles. The number of halogens is 3. The smallest absolute Gasteiger partial charge is 0.312 e. The Morgan fingerprint density at radius 2 is 2.29 bits per heavy atom. The van der Waals surface area contributed by atoms with Gasteiger partial charge in [-0.3, -0.25) is 4.79 Å². The van der Waals surface area contributed by atoms with Gasteiger partial charge in [-0.05, 0) is 13.0 Å². The highest BCUT2D eigenvalue weighted by atomic mass is 35.5. The molecule has 1 rings (SSSR count). The number of hydrogen-bond acceptors (Lipinski definition) is 4. The molecule has 0 saturated heterocycles. The van der Waals surface area contributed by atoms with Gasteiger partial charge in [0, 0.05) is 0 Å². The standard InChI is InChI=1S/C10H10ClF2NO3/c1-2-17-8(16)4-6-7(15)3-5(10(12)13)9(11)14-6/h3,10,15H,2,4H2,1H3. The Morgan fingerprint density at radius 3 is 2.82 bits per heavy atom. The molecule has 94 valence electrons. The average Bonchev–Trinajstić information content (AvgIpc) is 2.22. The molecule has 0 bridgehead atoms. The summed E-state index contributed by atoms with van der Waals surface area (Å²) in [4.78, 5) is 14.7. The number of aromatic hydroxyl groups is 1. The average molecular weight is 266 g/mol. The van der Waals surface area contributed by atoms with E-state index in [0.717, 1.165) is 6.07 Å². The zero-order chi connectivity index (χ0) is 13.0. The minimum Gasteiger partial charge on any atom is -0.506 e. The SMILES string of the molecule is CCOC(=O)Cc1nc(Cl)c(C(F)F)cc1O. The highest BCUT2D eigenvalue weighted by molar-refractivity contribution is 6.30. The molecule has 0 aliphatic rings. The van der Waals surface area contributed by atoms with Crippen molar-refractivity contribution < 1.29 is 23.4 Å². The Kier molecular flexibility index (Phi) is 4.62. The largest absolute Gasteiger partial charge is 0.506 e. The molecule has 0 radical (unpaired) electrons. The highest BCUT2D eigenvalue weighted by Crippen LogP contribution is 2.30. The van der Waals surface area contributed by atoms with Gasteiger partial charge in [0.1, 0.15) is 10.9 Å². The highest BCUT2D eigenvalue weighted by Gasteiger charge is 2.18. The molecule has 0 unspecified atom stereocenters. The van der Waals surface area contributed by atoms with Gasteiger partial charge < -0.3 is 9.84 Å².